The molecular formula is C22H21FN4O5. The lowest BCUT2D eigenvalue weighted by molar-refractivity contribution is 0.0741. The molecule has 1 aromatic carbocycles. The van der Waals surface area contributed by atoms with Crippen LogP contribution >= 0.6 is 0 Å². The number of benzene rings is 1. The zero-order chi connectivity index (χ0) is 22.1. The van der Waals surface area contributed by atoms with E-state index in [0.29, 0.717) is 49.8 Å². The van der Waals surface area contributed by atoms with E-state index >= 15 is 0 Å². The molecule has 1 amide bonds. The van der Waals surface area contributed by atoms with Crippen LogP contribution in [-0.4, -0.2) is 60.2 Å². The van der Waals surface area contributed by atoms with Crippen molar-refractivity contribution in [3.05, 3.63) is 54.6 Å². The van der Waals surface area contributed by atoms with E-state index in [1.807, 2.05) is 23.1 Å². The van der Waals surface area contributed by atoms with Crippen molar-refractivity contribution in [1.29, 1.82) is 0 Å². The van der Waals surface area contributed by atoms with Gasteiger partial charge in [0.15, 0.2) is 12.2 Å². The quantitative estimate of drug-likeness (QED) is 0.598. The molecule has 1 saturated heterocycles. The lowest BCUT2D eigenvalue weighted by Gasteiger charge is -2.31. The number of rotatable bonds is 5. The van der Waals surface area contributed by atoms with Crippen LogP contribution in [0.1, 0.15) is 17.0 Å². The first-order valence-electron chi connectivity index (χ1n) is 10.2. The molecule has 2 aliphatic rings. The maximum atomic E-state index is 14.2. The molecule has 0 saturated carbocycles. The maximum absolute atomic E-state index is 14.2. The fourth-order valence-corrected chi connectivity index (χ4v) is 3.93. The molecule has 0 bridgehead atoms. The predicted molar refractivity (Wildman–Crippen MR) is 111 cm³/mol. The number of anilines is 2. The molecule has 0 N–H and O–H groups in total. The number of aromatic nitrogens is 2. The SMILES string of the molecule is COc1ncc(N2CCOc3ccc(O[C@H]4CCN(C(=O)c5cnco5)C4)cc32)cc1F. The second-order valence-corrected chi connectivity index (χ2v) is 7.46. The number of halogens is 1. The summed E-state index contributed by atoms with van der Waals surface area (Å²) in [6.07, 6.45) is 4.76. The Morgan fingerprint density at radius 2 is 2.16 bits per heavy atom. The van der Waals surface area contributed by atoms with Crippen LogP contribution in [0.25, 0.3) is 0 Å². The molecule has 32 heavy (non-hydrogen) atoms. The van der Waals surface area contributed by atoms with Gasteiger partial charge in [0.25, 0.3) is 5.91 Å². The summed E-state index contributed by atoms with van der Waals surface area (Å²) < 4.78 is 36.1. The number of methoxy groups -OCH3 is 1. The van der Waals surface area contributed by atoms with Crippen LogP contribution in [0.5, 0.6) is 17.4 Å². The van der Waals surface area contributed by atoms with Crippen molar-refractivity contribution in [2.75, 3.05) is 38.3 Å². The van der Waals surface area contributed by atoms with Crippen molar-refractivity contribution >= 4 is 17.3 Å². The van der Waals surface area contributed by atoms with E-state index < -0.39 is 5.82 Å². The third-order valence-electron chi connectivity index (χ3n) is 5.47. The Bertz CT molecular complexity index is 1120. The standard InChI is InChI=1S/C22H21FN4O5/c1-29-21-17(23)8-14(10-25-21)27-6-7-30-19-3-2-15(9-18(19)27)32-16-4-5-26(12-16)22(28)20-11-24-13-31-20/h2-3,8-11,13,16H,4-7,12H2,1H3/t16-/m0/s1. The largest absolute Gasteiger partial charge is 0.490 e. The smallest absolute Gasteiger partial charge is 0.291 e. The Balaban J connectivity index is 1.32. The highest BCUT2D eigenvalue weighted by Crippen LogP contribution is 2.40. The minimum absolute atomic E-state index is 0.0509. The van der Waals surface area contributed by atoms with Gasteiger partial charge in [-0.05, 0) is 12.1 Å². The van der Waals surface area contributed by atoms with Crippen LogP contribution < -0.4 is 19.1 Å². The minimum Gasteiger partial charge on any atom is -0.490 e. The number of carbonyl (C=O) groups is 1. The molecule has 9 nitrogen and oxygen atoms in total. The average Bonchev–Trinajstić information content (AvgIpc) is 3.51. The minimum atomic E-state index is -0.534. The van der Waals surface area contributed by atoms with Gasteiger partial charge in [-0.3, -0.25) is 4.79 Å². The first-order valence-corrected chi connectivity index (χ1v) is 10.2. The van der Waals surface area contributed by atoms with Gasteiger partial charge in [-0.1, -0.05) is 0 Å². The Kier molecular flexibility index (Phi) is 5.26. The maximum Gasteiger partial charge on any atom is 0.291 e. The van der Waals surface area contributed by atoms with Crippen LogP contribution in [0.2, 0.25) is 0 Å². The highest BCUT2D eigenvalue weighted by atomic mass is 19.1. The number of amides is 1. The first-order chi connectivity index (χ1) is 15.6. The fourth-order valence-electron chi connectivity index (χ4n) is 3.93. The van der Waals surface area contributed by atoms with Crippen molar-refractivity contribution in [2.45, 2.75) is 12.5 Å². The molecule has 166 valence electrons. The van der Waals surface area contributed by atoms with Gasteiger partial charge in [-0.15, -0.1) is 0 Å². The predicted octanol–water partition coefficient (Wildman–Crippen LogP) is 3.04. The van der Waals surface area contributed by atoms with Crippen LogP contribution in [-0.2, 0) is 0 Å². The molecule has 0 unspecified atom stereocenters. The number of hydrogen-bond acceptors (Lipinski definition) is 8. The van der Waals surface area contributed by atoms with Crippen LogP contribution in [0.3, 0.4) is 0 Å². The summed E-state index contributed by atoms with van der Waals surface area (Å²) in [7, 11) is 1.38. The van der Waals surface area contributed by atoms with E-state index in [4.69, 9.17) is 18.6 Å². The molecule has 2 aliphatic heterocycles. The molecule has 10 heteroatoms. The summed E-state index contributed by atoms with van der Waals surface area (Å²) in [4.78, 5) is 23.9. The van der Waals surface area contributed by atoms with Crippen LogP contribution in [0.15, 0.2) is 47.5 Å². The molecule has 1 atom stereocenters. The van der Waals surface area contributed by atoms with Gasteiger partial charge < -0.3 is 28.4 Å². The summed E-state index contributed by atoms with van der Waals surface area (Å²) in [5.74, 6) is 0.742. The van der Waals surface area contributed by atoms with Gasteiger partial charge in [0.1, 0.15) is 24.2 Å². The van der Waals surface area contributed by atoms with Crippen molar-refractivity contribution in [1.82, 2.24) is 14.9 Å². The van der Waals surface area contributed by atoms with Gasteiger partial charge in [-0.25, -0.2) is 14.4 Å². The molecule has 0 aliphatic carbocycles. The number of nitrogens with zero attached hydrogens (tertiary/aromatic N) is 4. The molecule has 3 aromatic rings. The zero-order valence-corrected chi connectivity index (χ0v) is 17.4. The zero-order valence-electron chi connectivity index (χ0n) is 17.4. The molecule has 1 fully saturated rings. The van der Waals surface area contributed by atoms with Crippen molar-refractivity contribution < 1.29 is 27.8 Å². The summed E-state index contributed by atoms with van der Waals surface area (Å²) in [6, 6.07) is 6.91. The number of oxazole rings is 1. The summed E-state index contributed by atoms with van der Waals surface area (Å²) in [5, 5.41) is 0. The lowest BCUT2D eigenvalue weighted by Crippen LogP contribution is -2.31. The number of fused-ring (bicyclic) bond motifs is 1. The third-order valence-corrected chi connectivity index (χ3v) is 5.47. The van der Waals surface area contributed by atoms with Gasteiger partial charge in [0.2, 0.25) is 11.6 Å². The van der Waals surface area contributed by atoms with Gasteiger partial charge in [-0.2, -0.15) is 0 Å². The second kappa shape index (κ2) is 8.37. The molecule has 2 aromatic heterocycles. The number of likely N-dealkylation sites (tertiary alicyclic amines) is 1. The third kappa shape index (κ3) is 3.79. The van der Waals surface area contributed by atoms with Gasteiger partial charge in [0.05, 0.1) is 44.0 Å². The summed E-state index contributed by atoms with van der Waals surface area (Å²) in [5.41, 5.74) is 1.35. The van der Waals surface area contributed by atoms with E-state index in [-0.39, 0.29) is 23.7 Å². The highest BCUT2D eigenvalue weighted by Gasteiger charge is 2.30. The van der Waals surface area contributed by atoms with E-state index in [1.54, 1.807) is 11.1 Å². The monoisotopic (exact) mass is 440 g/mol. The number of ether oxygens (including phenoxy) is 3. The molecule has 4 heterocycles. The van der Waals surface area contributed by atoms with Crippen molar-refractivity contribution in [3.8, 4) is 17.4 Å². The normalized spacial score (nSPS) is 17.6. The molecular weight excluding hydrogens is 419 g/mol. The van der Waals surface area contributed by atoms with E-state index in [1.165, 1.54) is 25.8 Å². The van der Waals surface area contributed by atoms with E-state index in [0.717, 1.165) is 5.69 Å². The fraction of sp³-hybridized carbons (Fsp3) is 0.318. The first kappa shape index (κ1) is 20.1. The van der Waals surface area contributed by atoms with E-state index in [9.17, 15) is 9.18 Å². The number of pyridine rings is 1. The van der Waals surface area contributed by atoms with Crippen molar-refractivity contribution in [2.24, 2.45) is 0 Å². The Hall–Kier alpha value is -3.82. The molecule has 0 spiro atoms. The number of hydrogen-bond donors (Lipinski definition) is 0. The van der Waals surface area contributed by atoms with Crippen molar-refractivity contribution in [3.63, 3.8) is 0 Å². The molecule has 5 rings (SSSR count). The number of carbonyl (C=O) groups excluding carboxylic acids is 1. The Morgan fingerprint density at radius 3 is 2.94 bits per heavy atom. The highest BCUT2D eigenvalue weighted by molar-refractivity contribution is 5.91. The van der Waals surface area contributed by atoms with Crippen LogP contribution in [0, 0.1) is 5.82 Å². The van der Waals surface area contributed by atoms with E-state index in [2.05, 4.69) is 9.97 Å². The summed E-state index contributed by atoms with van der Waals surface area (Å²) in [6.45, 7) is 2.01. The lowest BCUT2D eigenvalue weighted by atomic mass is 10.2. The summed E-state index contributed by atoms with van der Waals surface area (Å²) >= 11 is 0. The Morgan fingerprint density at radius 1 is 1.25 bits per heavy atom. The molecule has 0 radical (unpaired) electrons. The van der Waals surface area contributed by atoms with Crippen LogP contribution in [0.4, 0.5) is 15.8 Å². The Labute approximate surface area is 183 Å². The second-order valence-electron chi connectivity index (χ2n) is 7.46. The van der Waals surface area contributed by atoms with Gasteiger partial charge in [0, 0.05) is 25.1 Å². The van der Waals surface area contributed by atoms with Gasteiger partial charge >= 0.3 is 0 Å². The topological polar surface area (TPSA) is 90.2 Å². The average molecular weight is 440 g/mol.